The minimum Gasteiger partial charge on any atom is -0.295 e. The monoisotopic (exact) mass is 236 g/mol. The number of halogens is 1. The van der Waals surface area contributed by atoms with Gasteiger partial charge in [-0.2, -0.15) is 0 Å². The van der Waals surface area contributed by atoms with E-state index < -0.39 is 0 Å². The summed E-state index contributed by atoms with van der Waals surface area (Å²) in [5, 5.41) is 0.325. The first-order valence-corrected chi connectivity index (χ1v) is 6.35. The van der Waals surface area contributed by atoms with Crippen LogP contribution in [-0.4, -0.2) is 11.2 Å². The Morgan fingerprint density at radius 3 is 2.50 bits per heavy atom. The van der Waals surface area contributed by atoms with Crippen molar-refractivity contribution in [1.29, 1.82) is 0 Å². The van der Waals surface area contributed by atoms with Gasteiger partial charge in [0, 0.05) is 10.9 Å². The van der Waals surface area contributed by atoms with Crippen molar-refractivity contribution in [3.8, 4) is 0 Å². The lowest BCUT2D eigenvalue weighted by atomic mass is 9.83. The van der Waals surface area contributed by atoms with E-state index in [-0.39, 0.29) is 5.78 Å². The summed E-state index contributed by atoms with van der Waals surface area (Å²) in [5.74, 6) is 0.711. The third-order valence-electron chi connectivity index (χ3n) is 3.40. The fraction of sp³-hybridized carbons (Fsp3) is 0.500. The SMILES string of the molecule is CC(=O)c1ccc(C2CCCC(Cl)C2)cc1. The lowest BCUT2D eigenvalue weighted by Gasteiger charge is -2.25. The van der Waals surface area contributed by atoms with E-state index >= 15 is 0 Å². The number of Topliss-reactive ketones (excluding diaryl/α,β-unsaturated/α-hetero) is 1. The Labute approximate surface area is 102 Å². The van der Waals surface area contributed by atoms with Crippen LogP contribution in [0, 0.1) is 0 Å². The maximum absolute atomic E-state index is 11.2. The molecule has 0 radical (unpaired) electrons. The molecule has 0 aromatic heterocycles. The maximum atomic E-state index is 11.2. The molecule has 1 aromatic rings. The van der Waals surface area contributed by atoms with Crippen LogP contribution in [0.3, 0.4) is 0 Å². The predicted octanol–water partition coefficient (Wildman–Crippen LogP) is 4.15. The van der Waals surface area contributed by atoms with Gasteiger partial charge in [-0.3, -0.25) is 4.79 Å². The first kappa shape index (κ1) is 11.7. The van der Waals surface area contributed by atoms with Crippen LogP contribution >= 0.6 is 11.6 Å². The van der Waals surface area contributed by atoms with Gasteiger partial charge in [-0.25, -0.2) is 0 Å². The Bertz CT molecular complexity index is 369. The molecule has 0 bridgehead atoms. The first-order chi connectivity index (χ1) is 7.66. The van der Waals surface area contributed by atoms with Crippen LogP contribution in [-0.2, 0) is 0 Å². The third kappa shape index (κ3) is 2.65. The number of carbonyl (C=O) groups is 1. The summed E-state index contributed by atoms with van der Waals surface area (Å²) in [6, 6.07) is 8.01. The summed E-state index contributed by atoms with van der Waals surface area (Å²) in [6.45, 7) is 1.60. The molecule has 0 spiro atoms. The van der Waals surface area contributed by atoms with Crippen LogP contribution in [0.2, 0.25) is 0 Å². The van der Waals surface area contributed by atoms with Gasteiger partial charge < -0.3 is 0 Å². The first-order valence-electron chi connectivity index (χ1n) is 5.92. The van der Waals surface area contributed by atoms with Gasteiger partial charge in [0.15, 0.2) is 5.78 Å². The topological polar surface area (TPSA) is 17.1 Å². The molecule has 0 saturated heterocycles. The molecule has 1 saturated carbocycles. The molecule has 0 heterocycles. The number of carbonyl (C=O) groups excluding carboxylic acids is 1. The Balaban J connectivity index is 2.11. The number of hydrogen-bond donors (Lipinski definition) is 0. The number of benzene rings is 1. The molecule has 2 atom stereocenters. The minimum absolute atomic E-state index is 0.130. The molecule has 1 fully saturated rings. The molecule has 1 aromatic carbocycles. The van der Waals surface area contributed by atoms with Crippen molar-refractivity contribution in [3.63, 3.8) is 0 Å². The predicted molar refractivity (Wildman–Crippen MR) is 67.3 cm³/mol. The highest BCUT2D eigenvalue weighted by atomic mass is 35.5. The molecule has 16 heavy (non-hydrogen) atoms. The summed E-state index contributed by atoms with van der Waals surface area (Å²) in [7, 11) is 0. The number of ketones is 1. The van der Waals surface area contributed by atoms with Gasteiger partial charge in [0.2, 0.25) is 0 Å². The van der Waals surface area contributed by atoms with Crippen LogP contribution in [0.1, 0.15) is 54.4 Å². The van der Waals surface area contributed by atoms with Crippen molar-refractivity contribution >= 4 is 17.4 Å². The summed E-state index contributed by atoms with van der Waals surface area (Å²) < 4.78 is 0. The zero-order valence-corrected chi connectivity index (χ0v) is 10.3. The Hall–Kier alpha value is -0.820. The van der Waals surface area contributed by atoms with Crippen molar-refractivity contribution in [3.05, 3.63) is 35.4 Å². The third-order valence-corrected chi connectivity index (χ3v) is 3.80. The Morgan fingerprint density at radius 1 is 1.25 bits per heavy atom. The van der Waals surface area contributed by atoms with E-state index in [9.17, 15) is 4.79 Å². The van der Waals surface area contributed by atoms with E-state index in [0.29, 0.717) is 11.3 Å². The average Bonchev–Trinajstić information content (AvgIpc) is 2.29. The summed E-state index contributed by atoms with van der Waals surface area (Å²) >= 11 is 6.19. The molecule has 1 aliphatic carbocycles. The molecule has 0 N–H and O–H groups in total. The van der Waals surface area contributed by atoms with Crippen LogP contribution in [0.4, 0.5) is 0 Å². The highest BCUT2D eigenvalue weighted by Gasteiger charge is 2.21. The molecule has 0 amide bonds. The molecule has 0 aliphatic heterocycles. The largest absolute Gasteiger partial charge is 0.295 e. The molecule has 2 heteroatoms. The fourth-order valence-corrected chi connectivity index (χ4v) is 2.79. The van der Waals surface area contributed by atoms with E-state index in [1.54, 1.807) is 6.92 Å². The van der Waals surface area contributed by atoms with Crippen LogP contribution in [0.25, 0.3) is 0 Å². The van der Waals surface area contributed by atoms with E-state index in [1.807, 2.05) is 12.1 Å². The van der Waals surface area contributed by atoms with Crippen molar-refractivity contribution in [2.24, 2.45) is 0 Å². The van der Waals surface area contributed by atoms with Gasteiger partial charge in [0.05, 0.1) is 0 Å². The van der Waals surface area contributed by atoms with Crippen molar-refractivity contribution in [2.45, 2.75) is 43.9 Å². The lowest BCUT2D eigenvalue weighted by molar-refractivity contribution is 0.101. The molecule has 1 aliphatic rings. The highest BCUT2D eigenvalue weighted by molar-refractivity contribution is 6.20. The van der Waals surface area contributed by atoms with E-state index in [4.69, 9.17) is 11.6 Å². The van der Waals surface area contributed by atoms with Crippen LogP contribution in [0.15, 0.2) is 24.3 Å². The molecule has 1 nitrogen and oxygen atoms in total. The summed E-state index contributed by atoms with van der Waals surface area (Å²) in [6.07, 6.45) is 4.65. The number of hydrogen-bond acceptors (Lipinski definition) is 1. The molecule has 86 valence electrons. The Kier molecular flexibility index (Phi) is 3.65. The molecular formula is C14H17ClO. The van der Waals surface area contributed by atoms with Gasteiger partial charge in [0.25, 0.3) is 0 Å². The summed E-state index contributed by atoms with van der Waals surface area (Å²) in [4.78, 5) is 11.2. The molecule has 2 rings (SSSR count). The smallest absolute Gasteiger partial charge is 0.159 e. The van der Waals surface area contributed by atoms with Crippen molar-refractivity contribution < 1.29 is 4.79 Å². The lowest BCUT2D eigenvalue weighted by Crippen LogP contribution is -2.13. The summed E-state index contributed by atoms with van der Waals surface area (Å²) in [5.41, 5.74) is 2.12. The van der Waals surface area contributed by atoms with Gasteiger partial charge in [-0.15, -0.1) is 11.6 Å². The van der Waals surface area contributed by atoms with E-state index in [2.05, 4.69) is 12.1 Å². The van der Waals surface area contributed by atoms with E-state index in [1.165, 1.54) is 18.4 Å². The second-order valence-electron chi connectivity index (χ2n) is 4.64. The Morgan fingerprint density at radius 2 is 1.94 bits per heavy atom. The van der Waals surface area contributed by atoms with Crippen LogP contribution < -0.4 is 0 Å². The number of alkyl halides is 1. The molecule has 2 unspecified atom stereocenters. The maximum Gasteiger partial charge on any atom is 0.159 e. The zero-order chi connectivity index (χ0) is 11.5. The van der Waals surface area contributed by atoms with Crippen LogP contribution in [0.5, 0.6) is 0 Å². The van der Waals surface area contributed by atoms with Gasteiger partial charge in [0.1, 0.15) is 0 Å². The average molecular weight is 237 g/mol. The highest BCUT2D eigenvalue weighted by Crippen LogP contribution is 2.35. The second-order valence-corrected chi connectivity index (χ2v) is 5.26. The van der Waals surface area contributed by atoms with E-state index in [0.717, 1.165) is 18.4 Å². The number of rotatable bonds is 2. The van der Waals surface area contributed by atoms with Crippen molar-refractivity contribution in [2.75, 3.05) is 0 Å². The second kappa shape index (κ2) is 5.01. The van der Waals surface area contributed by atoms with Gasteiger partial charge in [-0.05, 0) is 37.7 Å². The normalized spacial score (nSPS) is 25.4. The zero-order valence-electron chi connectivity index (χ0n) is 9.58. The quantitative estimate of drug-likeness (QED) is 0.557. The van der Waals surface area contributed by atoms with Gasteiger partial charge in [-0.1, -0.05) is 30.7 Å². The molecular weight excluding hydrogens is 220 g/mol. The fourth-order valence-electron chi connectivity index (χ4n) is 2.42. The van der Waals surface area contributed by atoms with Gasteiger partial charge >= 0.3 is 0 Å². The van der Waals surface area contributed by atoms with Crippen molar-refractivity contribution in [1.82, 2.24) is 0 Å². The minimum atomic E-state index is 0.130. The standard InChI is InChI=1S/C14H17ClO/c1-10(16)11-5-7-12(8-6-11)13-3-2-4-14(15)9-13/h5-8,13-14H,2-4,9H2,1H3.